The van der Waals surface area contributed by atoms with Crippen LogP contribution < -0.4 is 10.6 Å². The number of carbonyl (C=O) groups excluding carboxylic acids is 1. The van der Waals surface area contributed by atoms with Crippen LogP contribution in [0.2, 0.25) is 5.02 Å². The van der Waals surface area contributed by atoms with Crippen molar-refractivity contribution < 1.29 is 9.18 Å². The van der Waals surface area contributed by atoms with Crippen LogP contribution in [0.4, 0.5) is 4.39 Å². The van der Waals surface area contributed by atoms with Gasteiger partial charge >= 0.3 is 0 Å². The van der Waals surface area contributed by atoms with Gasteiger partial charge in [0.25, 0.3) is 5.91 Å². The lowest BCUT2D eigenvalue weighted by molar-refractivity contribution is 0.0901. The second kappa shape index (κ2) is 7.11. The van der Waals surface area contributed by atoms with Crippen LogP contribution in [0.1, 0.15) is 28.8 Å². The van der Waals surface area contributed by atoms with E-state index in [2.05, 4.69) is 22.8 Å². The van der Waals surface area contributed by atoms with Gasteiger partial charge in [0, 0.05) is 29.2 Å². The summed E-state index contributed by atoms with van der Waals surface area (Å²) in [6, 6.07) is 14.6. The molecule has 2 N–H and O–H groups in total. The summed E-state index contributed by atoms with van der Waals surface area (Å²) < 4.78 is 13.3. The summed E-state index contributed by atoms with van der Waals surface area (Å²) in [6.45, 7) is 0.825. The van der Waals surface area contributed by atoms with E-state index in [0.29, 0.717) is 6.04 Å². The highest BCUT2D eigenvalue weighted by molar-refractivity contribution is 6.31. The maximum atomic E-state index is 13.3. The summed E-state index contributed by atoms with van der Waals surface area (Å²) in [4.78, 5) is 12.1. The van der Waals surface area contributed by atoms with Crippen molar-refractivity contribution in [2.75, 3.05) is 0 Å². The number of halogens is 2. The number of hydrogen-bond acceptors (Lipinski definition) is 2. The van der Waals surface area contributed by atoms with E-state index in [1.165, 1.54) is 23.8 Å². The molecule has 3 nitrogen and oxygen atoms in total. The standard InChI is InChI=1S/C18H18ClFN2O/c19-14-6-13(7-15(20)8-14)18(23)22-17-9-16(10-17)21-11-12-4-2-1-3-5-12/h1-8,16-17,21H,9-11H2,(H,22,23)/t16-,17-. The topological polar surface area (TPSA) is 41.1 Å². The first kappa shape index (κ1) is 16.0. The quantitative estimate of drug-likeness (QED) is 0.879. The van der Waals surface area contributed by atoms with Gasteiger partial charge in [-0.05, 0) is 36.6 Å². The smallest absolute Gasteiger partial charge is 0.251 e. The summed E-state index contributed by atoms with van der Waals surface area (Å²) in [5.74, 6) is -0.781. The van der Waals surface area contributed by atoms with Crippen molar-refractivity contribution in [1.29, 1.82) is 0 Å². The highest BCUT2D eigenvalue weighted by Crippen LogP contribution is 2.21. The molecule has 1 fully saturated rings. The zero-order valence-electron chi connectivity index (χ0n) is 12.6. The molecule has 0 aliphatic heterocycles. The molecule has 1 aliphatic carbocycles. The minimum atomic E-state index is -0.501. The molecule has 1 amide bonds. The third-order valence-corrected chi connectivity index (χ3v) is 4.25. The lowest BCUT2D eigenvalue weighted by Gasteiger charge is -2.36. The van der Waals surface area contributed by atoms with E-state index in [4.69, 9.17) is 11.6 Å². The Morgan fingerprint density at radius 2 is 1.87 bits per heavy atom. The Morgan fingerprint density at radius 1 is 1.13 bits per heavy atom. The van der Waals surface area contributed by atoms with E-state index in [1.54, 1.807) is 0 Å². The van der Waals surface area contributed by atoms with Gasteiger partial charge in [-0.1, -0.05) is 41.9 Å². The first-order chi connectivity index (χ1) is 11.1. The molecule has 0 heterocycles. The summed E-state index contributed by atoms with van der Waals surface area (Å²) in [5.41, 5.74) is 1.50. The number of rotatable bonds is 5. The molecule has 0 bridgehead atoms. The molecule has 3 rings (SSSR count). The van der Waals surface area contributed by atoms with Crippen LogP contribution in [-0.4, -0.2) is 18.0 Å². The van der Waals surface area contributed by atoms with Crippen molar-refractivity contribution in [3.05, 3.63) is 70.5 Å². The second-order valence-electron chi connectivity index (χ2n) is 5.86. The maximum absolute atomic E-state index is 13.3. The third-order valence-electron chi connectivity index (χ3n) is 4.04. The molecule has 1 aliphatic rings. The number of hydrogen-bond donors (Lipinski definition) is 2. The second-order valence-corrected chi connectivity index (χ2v) is 6.30. The molecule has 0 spiro atoms. The normalized spacial score (nSPS) is 19.9. The van der Waals surface area contributed by atoms with Gasteiger partial charge in [-0.25, -0.2) is 4.39 Å². The molecular formula is C18H18ClFN2O. The number of carbonyl (C=O) groups is 1. The Hall–Kier alpha value is -1.91. The van der Waals surface area contributed by atoms with Crippen LogP contribution in [-0.2, 0) is 6.54 Å². The molecule has 23 heavy (non-hydrogen) atoms. The zero-order valence-corrected chi connectivity index (χ0v) is 13.3. The van der Waals surface area contributed by atoms with Gasteiger partial charge in [-0.2, -0.15) is 0 Å². The van der Waals surface area contributed by atoms with Gasteiger partial charge in [0.15, 0.2) is 0 Å². The highest BCUT2D eigenvalue weighted by atomic mass is 35.5. The van der Waals surface area contributed by atoms with Crippen molar-refractivity contribution >= 4 is 17.5 Å². The molecule has 5 heteroatoms. The van der Waals surface area contributed by atoms with E-state index >= 15 is 0 Å². The lowest BCUT2D eigenvalue weighted by Crippen LogP contribution is -2.52. The van der Waals surface area contributed by atoms with Gasteiger partial charge in [-0.15, -0.1) is 0 Å². The van der Waals surface area contributed by atoms with Crippen molar-refractivity contribution in [1.82, 2.24) is 10.6 Å². The predicted molar refractivity (Wildman–Crippen MR) is 89.0 cm³/mol. The largest absolute Gasteiger partial charge is 0.349 e. The Morgan fingerprint density at radius 3 is 2.57 bits per heavy atom. The van der Waals surface area contributed by atoms with Crippen molar-refractivity contribution in [3.8, 4) is 0 Å². The SMILES string of the molecule is O=C(N[C@H]1C[C@H](NCc2ccccc2)C1)c1cc(F)cc(Cl)c1. The molecule has 0 unspecified atom stereocenters. The summed E-state index contributed by atoms with van der Waals surface area (Å²) in [5, 5.41) is 6.60. The summed E-state index contributed by atoms with van der Waals surface area (Å²) in [7, 11) is 0. The highest BCUT2D eigenvalue weighted by Gasteiger charge is 2.30. The van der Waals surface area contributed by atoms with Crippen LogP contribution in [0.25, 0.3) is 0 Å². The Bertz CT molecular complexity index is 666. The maximum Gasteiger partial charge on any atom is 0.251 e. The fourth-order valence-corrected chi connectivity index (χ4v) is 2.94. The van der Waals surface area contributed by atoms with Crippen LogP contribution in [0, 0.1) is 5.82 Å². The van der Waals surface area contributed by atoms with Crippen LogP contribution >= 0.6 is 11.6 Å². The Labute approximate surface area is 139 Å². The van der Waals surface area contributed by atoms with Gasteiger partial charge in [0.1, 0.15) is 5.82 Å². The molecular weight excluding hydrogens is 315 g/mol. The number of benzene rings is 2. The molecule has 0 radical (unpaired) electrons. The van der Waals surface area contributed by atoms with Crippen molar-refractivity contribution in [2.24, 2.45) is 0 Å². The Balaban J connectivity index is 1.44. The van der Waals surface area contributed by atoms with Crippen molar-refractivity contribution in [2.45, 2.75) is 31.5 Å². The first-order valence-corrected chi connectivity index (χ1v) is 8.02. The zero-order chi connectivity index (χ0) is 16.2. The fourth-order valence-electron chi connectivity index (χ4n) is 2.71. The van der Waals surface area contributed by atoms with E-state index < -0.39 is 5.82 Å². The van der Waals surface area contributed by atoms with Crippen LogP contribution in [0.15, 0.2) is 48.5 Å². The summed E-state index contributed by atoms with van der Waals surface area (Å²) in [6.07, 6.45) is 1.75. The molecule has 0 saturated heterocycles. The average Bonchev–Trinajstić information content (AvgIpc) is 2.49. The lowest BCUT2D eigenvalue weighted by atomic mass is 9.86. The van der Waals surface area contributed by atoms with Crippen LogP contribution in [0.3, 0.4) is 0 Å². The fraction of sp³-hybridized carbons (Fsp3) is 0.278. The monoisotopic (exact) mass is 332 g/mol. The molecule has 0 atom stereocenters. The Kier molecular flexibility index (Phi) is 4.94. The van der Waals surface area contributed by atoms with Gasteiger partial charge in [0.2, 0.25) is 0 Å². The third kappa shape index (κ3) is 4.30. The number of nitrogens with one attached hydrogen (secondary N) is 2. The molecule has 2 aromatic rings. The summed E-state index contributed by atoms with van der Waals surface area (Å²) >= 11 is 5.77. The molecule has 1 saturated carbocycles. The molecule has 0 aromatic heterocycles. The minimum absolute atomic E-state index is 0.123. The van der Waals surface area contributed by atoms with Crippen molar-refractivity contribution in [3.63, 3.8) is 0 Å². The van der Waals surface area contributed by atoms with Gasteiger partial charge in [0.05, 0.1) is 0 Å². The van der Waals surface area contributed by atoms with Crippen LogP contribution in [0.5, 0.6) is 0 Å². The van der Waals surface area contributed by atoms with E-state index in [9.17, 15) is 9.18 Å². The van der Waals surface area contributed by atoms with E-state index in [0.717, 1.165) is 19.4 Å². The average molecular weight is 333 g/mol. The van der Waals surface area contributed by atoms with E-state index in [-0.39, 0.29) is 22.5 Å². The molecule has 2 aromatic carbocycles. The predicted octanol–water partition coefficient (Wildman–Crippen LogP) is 3.53. The molecule has 120 valence electrons. The first-order valence-electron chi connectivity index (χ1n) is 7.64. The number of amides is 1. The minimum Gasteiger partial charge on any atom is -0.349 e. The van der Waals surface area contributed by atoms with Gasteiger partial charge in [-0.3, -0.25) is 4.79 Å². The van der Waals surface area contributed by atoms with Gasteiger partial charge < -0.3 is 10.6 Å². The van der Waals surface area contributed by atoms with E-state index in [1.807, 2.05) is 18.2 Å².